The number of rotatable bonds is 5. The summed E-state index contributed by atoms with van der Waals surface area (Å²) in [5.74, 6) is 0.343. The van der Waals surface area contributed by atoms with Crippen LogP contribution in [-0.4, -0.2) is 34.6 Å². The van der Waals surface area contributed by atoms with Crippen LogP contribution in [0.3, 0.4) is 0 Å². The highest BCUT2D eigenvalue weighted by atomic mass is 79.9. The molecule has 0 spiro atoms. The van der Waals surface area contributed by atoms with Crippen molar-refractivity contribution in [2.45, 2.75) is 26.1 Å². The summed E-state index contributed by atoms with van der Waals surface area (Å²) in [6, 6.07) is 3.75. The molecule has 0 aliphatic heterocycles. The quantitative estimate of drug-likeness (QED) is 0.608. The minimum atomic E-state index is -4.18. The van der Waals surface area contributed by atoms with Gasteiger partial charge in [0.25, 0.3) is 0 Å². The first-order valence-electron chi connectivity index (χ1n) is 7.09. The molecule has 0 bridgehead atoms. The van der Waals surface area contributed by atoms with Gasteiger partial charge >= 0.3 is 6.18 Å². The van der Waals surface area contributed by atoms with E-state index in [0.29, 0.717) is 12.5 Å². The van der Waals surface area contributed by atoms with Crippen LogP contribution in [0, 0.1) is 0 Å². The summed E-state index contributed by atoms with van der Waals surface area (Å²) in [7, 11) is 0. The smallest absolute Gasteiger partial charge is 0.357 e. The van der Waals surface area contributed by atoms with Gasteiger partial charge in [0.2, 0.25) is 0 Å². The Morgan fingerprint density at radius 1 is 1.30 bits per heavy atom. The van der Waals surface area contributed by atoms with Gasteiger partial charge in [-0.3, -0.25) is 0 Å². The molecule has 126 valence electrons. The van der Waals surface area contributed by atoms with Crippen molar-refractivity contribution in [2.75, 3.05) is 13.1 Å². The minimum Gasteiger partial charge on any atom is -0.357 e. The molecule has 23 heavy (non-hydrogen) atoms. The van der Waals surface area contributed by atoms with E-state index in [-0.39, 0.29) is 13.1 Å². The summed E-state index contributed by atoms with van der Waals surface area (Å²) in [5, 5.41) is 5.58. The first kappa shape index (κ1) is 17.6. The number of alkyl halides is 3. The average molecular weight is 392 g/mol. The van der Waals surface area contributed by atoms with E-state index in [9.17, 15) is 13.2 Å². The summed E-state index contributed by atoms with van der Waals surface area (Å²) in [4.78, 5) is 8.67. The van der Waals surface area contributed by atoms with Crippen molar-refractivity contribution in [3.05, 3.63) is 34.7 Å². The Balaban J connectivity index is 2.00. The molecule has 0 aliphatic carbocycles. The second kappa shape index (κ2) is 7.67. The molecule has 0 aliphatic rings. The van der Waals surface area contributed by atoms with Gasteiger partial charge in [-0.2, -0.15) is 13.2 Å². The van der Waals surface area contributed by atoms with E-state index in [1.54, 1.807) is 0 Å². The number of aromatic nitrogens is 2. The van der Waals surface area contributed by atoms with Crippen LogP contribution in [0.15, 0.2) is 34.0 Å². The Labute approximate surface area is 140 Å². The van der Waals surface area contributed by atoms with E-state index in [0.717, 1.165) is 15.8 Å². The van der Waals surface area contributed by atoms with Crippen molar-refractivity contribution in [3.8, 4) is 0 Å². The standard InChI is InChI=1S/C14H17BrF3N5/c1-2-19-13(20-6-5-14(16,17)18)21-7-11-9-23-8-10(15)3-4-12(23)22-11/h3-4,8-9H,2,5-7H2,1H3,(H2,19,20,21). The third-order valence-electron chi connectivity index (χ3n) is 2.91. The highest BCUT2D eigenvalue weighted by Gasteiger charge is 2.26. The molecule has 9 heteroatoms. The average Bonchev–Trinajstić information content (AvgIpc) is 2.85. The van der Waals surface area contributed by atoms with Gasteiger partial charge in [-0.15, -0.1) is 0 Å². The third-order valence-corrected chi connectivity index (χ3v) is 3.38. The number of imidazole rings is 1. The predicted octanol–water partition coefficient (Wildman–Crippen LogP) is 3.10. The Morgan fingerprint density at radius 2 is 2.09 bits per heavy atom. The van der Waals surface area contributed by atoms with E-state index in [2.05, 4.69) is 36.5 Å². The Bertz CT molecular complexity index is 681. The van der Waals surface area contributed by atoms with Crippen LogP contribution in [0.25, 0.3) is 5.65 Å². The highest BCUT2D eigenvalue weighted by Crippen LogP contribution is 2.18. The molecule has 0 amide bonds. The highest BCUT2D eigenvalue weighted by molar-refractivity contribution is 9.10. The fraction of sp³-hybridized carbons (Fsp3) is 0.429. The number of guanidine groups is 1. The van der Waals surface area contributed by atoms with Crippen LogP contribution in [0.4, 0.5) is 13.2 Å². The summed E-state index contributed by atoms with van der Waals surface area (Å²) in [6.07, 6.45) is -1.37. The van der Waals surface area contributed by atoms with E-state index in [1.165, 1.54) is 0 Å². The first-order chi connectivity index (χ1) is 10.9. The fourth-order valence-electron chi connectivity index (χ4n) is 1.92. The SMILES string of the molecule is CCNC(=NCc1cn2cc(Br)ccc2n1)NCCC(F)(F)F. The molecule has 0 radical (unpaired) electrons. The zero-order valence-electron chi connectivity index (χ0n) is 12.5. The van der Waals surface area contributed by atoms with Gasteiger partial charge in [-0.25, -0.2) is 9.98 Å². The second-order valence-electron chi connectivity index (χ2n) is 4.83. The lowest BCUT2D eigenvalue weighted by Gasteiger charge is -2.12. The summed E-state index contributed by atoms with van der Waals surface area (Å²) in [6.45, 7) is 2.48. The Kier molecular flexibility index (Phi) is 5.86. The number of fused-ring (bicyclic) bond motifs is 1. The topological polar surface area (TPSA) is 53.7 Å². The van der Waals surface area contributed by atoms with E-state index >= 15 is 0 Å². The number of nitrogens with one attached hydrogen (secondary N) is 2. The molecule has 0 atom stereocenters. The van der Waals surface area contributed by atoms with Crippen molar-refractivity contribution in [1.82, 2.24) is 20.0 Å². The number of nitrogens with zero attached hydrogens (tertiary/aromatic N) is 3. The lowest BCUT2D eigenvalue weighted by Crippen LogP contribution is -2.38. The van der Waals surface area contributed by atoms with Gasteiger partial charge in [0, 0.05) is 30.0 Å². The largest absolute Gasteiger partial charge is 0.390 e. The Morgan fingerprint density at radius 3 is 2.78 bits per heavy atom. The summed E-state index contributed by atoms with van der Waals surface area (Å²) < 4.78 is 39.3. The predicted molar refractivity (Wildman–Crippen MR) is 86.4 cm³/mol. The molecule has 2 rings (SSSR count). The van der Waals surface area contributed by atoms with Crippen LogP contribution < -0.4 is 10.6 Å². The van der Waals surface area contributed by atoms with Gasteiger partial charge in [-0.05, 0) is 35.0 Å². The van der Waals surface area contributed by atoms with E-state index in [1.807, 2.05) is 35.9 Å². The van der Waals surface area contributed by atoms with Crippen LogP contribution in [0.1, 0.15) is 19.0 Å². The zero-order chi connectivity index (χ0) is 16.9. The zero-order valence-corrected chi connectivity index (χ0v) is 14.1. The van der Waals surface area contributed by atoms with E-state index in [4.69, 9.17) is 0 Å². The Hall–Kier alpha value is -1.77. The van der Waals surface area contributed by atoms with Crippen LogP contribution in [-0.2, 0) is 6.54 Å². The maximum atomic E-state index is 12.2. The molecule has 2 aromatic rings. The van der Waals surface area contributed by atoms with Crippen molar-refractivity contribution < 1.29 is 13.2 Å². The number of hydrogen-bond acceptors (Lipinski definition) is 2. The monoisotopic (exact) mass is 391 g/mol. The molecule has 0 aromatic carbocycles. The van der Waals surface area contributed by atoms with Crippen molar-refractivity contribution in [3.63, 3.8) is 0 Å². The van der Waals surface area contributed by atoms with Crippen LogP contribution in [0.5, 0.6) is 0 Å². The molecule has 0 fully saturated rings. The molecule has 2 aromatic heterocycles. The number of hydrogen-bond donors (Lipinski definition) is 2. The fourth-order valence-corrected chi connectivity index (χ4v) is 2.27. The van der Waals surface area contributed by atoms with Crippen LogP contribution >= 0.6 is 15.9 Å². The third kappa shape index (κ3) is 5.74. The second-order valence-corrected chi connectivity index (χ2v) is 5.75. The van der Waals surface area contributed by atoms with Gasteiger partial charge < -0.3 is 15.0 Å². The molecule has 0 unspecified atom stereocenters. The van der Waals surface area contributed by atoms with Crippen molar-refractivity contribution in [2.24, 2.45) is 4.99 Å². The molecular weight excluding hydrogens is 375 g/mol. The van der Waals surface area contributed by atoms with Crippen molar-refractivity contribution in [1.29, 1.82) is 0 Å². The number of pyridine rings is 1. The summed E-state index contributed by atoms with van der Waals surface area (Å²) in [5.41, 5.74) is 1.52. The lowest BCUT2D eigenvalue weighted by molar-refractivity contribution is -0.132. The molecule has 0 saturated heterocycles. The van der Waals surface area contributed by atoms with Gasteiger partial charge in [-0.1, -0.05) is 0 Å². The number of aliphatic imine (C=N–C) groups is 1. The maximum absolute atomic E-state index is 12.2. The van der Waals surface area contributed by atoms with Crippen LogP contribution in [0.2, 0.25) is 0 Å². The van der Waals surface area contributed by atoms with E-state index < -0.39 is 12.6 Å². The lowest BCUT2D eigenvalue weighted by atomic mass is 10.4. The minimum absolute atomic E-state index is 0.215. The molecule has 2 N–H and O–H groups in total. The normalized spacial score (nSPS) is 12.7. The van der Waals surface area contributed by atoms with Gasteiger partial charge in [0.15, 0.2) is 5.96 Å². The maximum Gasteiger partial charge on any atom is 0.390 e. The van der Waals surface area contributed by atoms with Gasteiger partial charge in [0.05, 0.1) is 18.7 Å². The van der Waals surface area contributed by atoms with Crippen molar-refractivity contribution >= 4 is 27.5 Å². The first-order valence-corrected chi connectivity index (χ1v) is 7.89. The molecule has 5 nitrogen and oxygen atoms in total. The number of halogens is 4. The molecule has 2 heterocycles. The summed E-state index contributed by atoms with van der Waals surface area (Å²) >= 11 is 3.38. The molecule has 0 saturated carbocycles. The van der Waals surface area contributed by atoms with Gasteiger partial charge in [0.1, 0.15) is 5.65 Å². The molecular formula is C14H17BrF3N5.